The van der Waals surface area contributed by atoms with Crippen LogP contribution in [0.3, 0.4) is 0 Å². The van der Waals surface area contributed by atoms with Crippen molar-refractivity contribution in [2.24, 2.45) is 0 Å². The van der Waals surface area contributed by atoms with Crippen molar-refractivity contribution in [2.75, 3.05) is 25.6 Å². The molecule has 3 nitrogen and oxygen atoms in total. The molecule has 0 radical (unpaired) electrons. The summed E-state index contributed by atoms with van der Waals surface area (Å²) in [6.07, 6.45) is 1.00. The second-order valence-electron chi connectivity index (χ2n) is 3.41. The van der Waals surface area contributed by atoms with Crippen molar-refractivity contribution in [1.29, 1.82) is 0 Å². The van der Waals surface area contributed by atoms with E-state index in [2.05, 4.69) is 24.0 Å². The summed E-state index contributed by atoms with van der Waals surface area (Å²) in [5.41, 5.74) is 1.27. The Balaban J connectivity index is 1.87. The highest BCUT2D eigenvalue weighted by Gasteiger charge is 2.12. The smallest absolute Gasteiger partial charge is 0.231 e. The van der Waals surface area contributed by atoms with Gasteiger partial charge < -0.3 is 14.8 Å². The van der Waals surface area contributed by atoms with Crippen molar-refractivity contribution in [3.05, 3.63) is 23.8 Å². The molecule has 15 heavy (non-hydrogen) atoms. The molecule has 1 N–H and O–H groups in total. The van der Waals surface area contributed by atoms with E-state index in [1.165, 1.54) is 5.56 Å². The second kappa shape index (κ2) is 5.28. The minimum absolute atomic E-state index is 0.344. The number of fused-ring (bicyclic) bond motifs is 1. The molecule has 0 amide bonds. The van der Waals surface area contributed by atoms with Gasteiger partial charge in [0.15, 0.2) is 11.5 Å². The first-order valence-electron chi connectivity index (χ1n) is 5.10. The van der Waals surface area contributed by atoms with Gasteiger partial charge in [-0.15, -0.1) is 0 Å². The summed E-state index contributed by atoms with van der Waals surface area (Å²) in [6.45, 7) is 2.27. The standard InChI is InChI=1S/C11H15NO2S/c15-6-5-12-4-3-9-1-2-10-11(7-9)14-8-13-10/h1-2,7,12,15H,3-6,8H2. The molecule has 0 bridgehead atoms. The highest BCUT2D eigenvalue weighted by Crippen LogP contribution is 2.32. The Morgan fingerprint density at radius 3 is 2.93 bits per heavy atom. The van der Waals surface area contributed by atoms with E-state index in [1.807, 2.05) is 12.1 Å². The van der Waals surface area contributed by atoms with Crippen molar-refractivity contribution in [3.63, 3.8) is 0 Å². The number of thiol groups is 1. The van der Waals surface area contributed by atoms with Crippen LogP contribution in [-0.4, -0.2) is 25.6 Å². The topological polar surface area (TPSA) is 30.5 Å². The van der Waals surface area contributed by atoms with Crippen LogP contribution in [0.5, 0.6) is 11.5 Å². The fourth-order valence-corrected chi connectivity index (χ4v) is 1.69. The third-order valence-corrected chi connectivity index (χ3v) is 2.54. The molecule has 0 aliphatic carbocycles. The van der Waals surface area contributed by atoms with Crippen molar-refractivity contribution in [3.8, 4) is 11.5 Å². The van der Waals surface area contributed by atoms with Crippen LogP contribution in [0.1, 0.15) is 5.56 Å². The molecule has 0 fully saturated rings. The fourth-order valence-electron chi connectivity index (χ4n) is 1.53. The van der Waals surface area contributed by atoms with Crippen molar-refractivity contribution >= 4 is 12.6 Å². The van der Waals surface area contributed by atoms with Gasteiger partial charge in [0.1, 0.15) is 0 Å². The summed E-state index contributed by atoms with van der Waals surface area (Å²) in [7, 11) is 0. The maximum atomic E-state index is 5.31. The summed E-state index contributed by atoms with van der Waals surface area (Å²) in [6, 6.07) is 6.09. The molecule has 82 valence electrons. The van der Waals surface area contributed by atoms with Gasteiger partial charge in [0, 0.05) is 12.3 Å². The van der Waals surface area contributed by atoms with E-state index in [9.17, 15) is 0 Å². The minimum atomic E-state index is 0.344. The molecule has 0 spiro atoms. The zero-order chi connectivity index (χ0) is 10.5. The molecule has 1 heterocycles. The van der Waals surface area contributed by atoms with Gasteiger partial charge in [-0.1, -0.05) is 6.07 Å². The number of rotatable bonds is 5. The zero-order valence-corrected chi connectivity index (χ0v) is 9.43. The third kappa shape index (κ3) is 2.79. The molecular formula is C11H15NO2S. The van der Waals surface area contributed by atoms with E-state index in [0.29, 0.717) is 6.79 Å². The lowest BCUT2D eigenvalue weighted by molar-refractivity contribution is 0.174. The summed E-state index contributed by atoms with van der Waals surface area (Å²) in [4.78, 5) is 0. The summed E-state index contributed by atoms with van der Waals surface area (Å²) in [5, 5.41) is 3.30. The summed E-state index contributed by atoms with van der Waals surface area (Å²) < 4.78 is 10.6. The molecule has 0 unspecified atom stereocenters. The Kier molecular flexibility index (Phi) is 3.75. The predicted octanol–water partition coefficient (Wildman–Crippen LogP) is 1.48. The van der Waals surface area contributed by atoms with Gasteiger partial charge in [-0.3, -0.25) is 0 Å². The van der Waals surface area contributed by atoms with Crippen LogP contribution in [0.15, 0.2) is 18.2 Å². The van der Waals surface area contributed by atoms with Crippen LogP contribution in [0.2, 0.25) is 0 Å². The Morgan fingerprint density at radius 1 is 1.20 bits per heavy atom. The van der Waals surface area contributed by atoms with E-state index in [1.54, 1.807) is 0 Å². The highest BCUT2D eigenvalue weighted by atomic mass is 32.1. The average molecular weight is 225 g/mol. The molecule has 0 saturated carbocycles. The van der Waals surface area contributed by atoms with Crippen LogP contribution < -0.4 is 14.8 Å². The Bertz CT molecular complexity index is 330. The van der Waals surface area contributed by atoms with Gasteiger partial charge in [-0.2, -0.15) is 12.6 Å². The highest BCUT2D eigenvalue weighted by molar-refractivity contribution is 7.80. The first-order chi connectivity index (χ1) is 7.40. The lowest BCUT2D eigenvalue weighted by atomic mass is 10.1. The maximum absolute atomic E-state index is 5.31. The quantitative estimate of drug-likeness (QED) is 0.588. The molecule has 1 aliphatic heterocycles. The van der Waals surface area contributed by atoms with E-state index in [0.717, 1.165) is 36.8 Å². The fraction of sp³-hybridized carbons (Fsp3) is 0.455. The van der Waals surface area contributed by atoms with Crippen LogP contribution in [0, 0.1) is 0 Å². The third-order valence-electron chi connectivity index (χ3n) is 2.32. The first-order valence-corrected chi connectivity index (χ1v) is 5.73. The molecule has 1 aliphatic rings. The van der Waals surface area contributed by atoms with E-state index in [-0.39, 0.29) is 0 Å². The van der Waals surface area contributed by atoms with E-state index in [4.69, 9.17) is 9.47 Å². The van der Waals surface area contributed by atoms with E-state index < -0.39 is 0 Å². The second-order valence-corrected chi connectivity index (χ2v) is 3.86. The number of hydrogen-bond donors (Lipinski definition) is 2. The Morgan fingerprint density at radius 2 is 2.07 bits per heavy atom. The molecule has 1 aromatic rings. The van der Waals surface area contributed by atoms with Crippen molar-refractivity contribution in [1.82, 2.24) is 5.32 Å². The molecule has 0 aromatic heterocycles. The van der Waals surface area contributed by atoms with Gasteiger partial charge in [0.2, 0.25) is 6.79 Å². The lowest BCUT2D eigenvalue weighted by Gasteiger charge is -2.04. The summed E-state index contributed by atoms with van der Waals surface area (Å²) in [5.74, 6) is 2.59. The Hall–Kier alpha value is -0.870. The van der Waals surface area contributed by atoms with Gasteiger partial charge in [-0.05, 0) is 30.7 Å². The van der Waals surface area contributed by atoms with Crippen LogP contribution in [-0.2, 0) is 6.42 Å². The molecule has 4 heteroatoms. The molecular weight excluding hydrogens is 210 g/mol. The normalized spacial score (nSPS) is 13.1. The first kappa shape index (κ1) is 10.6. The van der Waals surface area contributed by atoms with Gasteiger partial charge in [0.05, 0.1) is 0 Å². The largest absolute Gasteiger partial charge is 0.454 e. The predicted molar refractivity (Wildman–Crippen MR) is 63.0 cm³/mol. The molecule has 2 rings (SSSR count). The number of nitrogens with one attached hydrogen (secondary N) is 1. The van der Waals surface area contributed by atoms with Crippen LogP contribution in [0.25, 0.3) is 0 Å². The van der Waals surface area contributed by atoms with Crippen molar-refractivity contribution in [2.45, 2.75) is 6.42 Å². The zero-order valence-electron chi connectivity index (χ0n) is 8.53. The van der Waals surface area contributed by atoms with Crippen molar-refractivity contribution < 1.29 is 9.47 Å². The monoisotopic (exact) mass is 225 g/mol. The van der Waals surface area contributed by atoms with Gasteiger partial charge >= 0.3 is 0 Å². The maximum Gasteiger partial charge on any atom is 0.231 e. The molecule has 0 atom stereocenters. The SMILES string of the molecule is SCCNCCc1ccc2c(c1)OCO2. The number of ether oxygens (including phenoxy) is 2. The van der Waals surface area contributed by atoms with Crippen LogP contribution >= 0.6 is 12.6 Å². The number of hydrogen-bond acceptors (Lipinski definition) is 4. The van der Waals surface area contributed by atoms with Gasteiger partial charge in [-0.25, -0.2) is 0 Å². The molecule has 1 aromatic carbocycles. The number of benzene rings is 1. The van der Waals surface area contributed by atoms with Crippen LogP contribution in [0.4, 0.5) is 0 Å². The Labute approximate surface area is 95.2 Å². The average Bonchev–Trinajstić information content (AvgIpc) is 2.71. The van der Waals surface area contributed by atoms with E-state index >= 15 is 0 Å². The minimum Gasteiger partial charge on any atom is -0.454 e. The summed E-state index contributed by atoms with van der Waals surface area (Å²) >= 11 is 4.13. The lowest BCUT2D eigenvalue weighted by Crippen LogP contribution is -2.19. The molecule has 0 saturated heterocycles. The van der Waals surface area contributed by atoms with Gasteiger partial charge in [0.25, 0.3) is 0 Å².